The molecule has 0 atom stereocenters. The lowest BCUT2D eigenvalue weighted by Gasteiger charge is -2.32. The third-order valence-electron chi connectivity index (χ3n) is 7.12. The minimum atomic E-state index is -3.74. The summed E-state index contributed by atoms with van der Waals surface area (Å²) in [6.45, 7) is 2.57. The Morgan fingerprint density at radius 1 is 1.05 bits per heavy atom. The lowest BCUT2D eigenvalue weighted by Crippen LogP contribution is -2.40. The maximum absolute atomic E-state index is 13.9. The number of piperidine rings is 2. The van der Waals surface area contributed by atoms with Gasteiger partial charge in [-0.25, -0.2) is 36.2 Å². The fourth-order valence-corrected chi connectivity index (χ4v) is 5.76. The predicted octanol–water partition coefficient (Wildman–Crippen LogP) is 3.55. The minimum Gasteiger partial charge on any atom is -0.395 e. The van der Waals surface area contributed by atoms with E-state index in [0.29, 0.717) is 65.9 Å². The van der Waals surface area contributed by atoms with E-state index in [1.807, 2.05) is 11.8 Å². The number of aryl methyl sites for hydroxylation is 1. The van der Waals surface area contributed by atoms with Crippen LogP contribution in [-0.2, 0) is 10.0 Å². The Hall–Kier alpha value is -3.39. The van der Waals surface area contributed by atoms with Crippen molar-refractivity contribution < 1.29 is 26.7 Å². The number of aromatic nitrogens is 4. The first-order chi connectivity index (χ1) is 19.0. The average molecular weight is 580 g/mol. The van der Waals surface area contributed by atoms with Crippen molar-refractivity contribution in [2.75, 3.05) is 53.1 Å². The summed E-state index contributed by atoms with van der Waals surface area (Å²) in [7, 11) is -3.74. The molecular weight excluding hydrogens is 547 g/mol. The topological polar surface area (TPSA) is 116 Å². The Morgan fingerprint density at radius 3 is 2.48 bits per heavy atom. The van der Waals surface area contributed by atoms with E-state index in [-0.39, 0.29) is 25.9 Å². The summed E-state index contributed by atoms with van der Waals surface area (Å²) in [5.41, 5.74) is 3.65. The van der Waals surface area contributed by atoms with Gasteiger partial charge in [-0.1, -0.05) is 0 Å². The van der Waals surface area contributed by atoms with Crippen molar-refractivity contribution in [2.45, 2.75) is 44.7 Å². The summed E-state index contributed by atoms with van der Waals surface area (Å²) in [5, 5.41) is 13.6. The molecular formula is C26H32F3N7O3S. The number of aliphatic hydroxyl groups is 1. The van der Waals surface area contributed by atoms with Gasteiger partial charge in [-0.05, 0) is 44.0 Å². The molecule has 2 fully saturated rings. The van der Waals surface area contributed by atoms with Crippen LogP contribution in [-0.4, -0.2) is 83.9 Å². The standard InChI is InChI=1S/C26H32F3N7O3S/c1-18-14-22(32-25(31-18)35-10-6-26(28,29)7-11-35)19-16-30-36(17-19)23-3-2-21(33-40(38,39)13-12-37)15-24(23)34-8-4-20(27)5-9-34/h2-3,14-17,20,33,37H,4-13H2,1H3. The molecule has 0 aliphatic carbocycles. The largest absolute Gasteiger partial charge is 0.395 e. The molecule has 5 rings (SSSR count). The van der Waals surface area contributed by atoms with E-state index >= 15 is 0 Å². The molecule has 2 N–H and O–H groups in total. The number of rotatable bonds is 8. The molecule has 0 saturated carbocycles. The number of sulfonamides is 1. The second-order valence-corrected chi connectivity index (χ2v) is 12.1. The van der Waals surface area contributed by atoms with Gasteiger partial charge in [-0.2, -0.15) is 5.10 Å². The van der Waals surface area contributed by atoms with Crippen LogP contribution in [0, 0.1) is 6.92 Å². The molecule has 0 spiro atoms. The van der Waals surface area contributed by atoms with Crippen molar-refractivity contribution in [3.05, 3.63) is 42.4 Å². The first-order valence-electron chi connectivity index (χ1n) is 13.2. The zero-order chi connectivity index (χ0) is 28.5. The highest BCUT2D eigenvalue weighted by atomic mass is 32.2. The summed E-state index contributed by atoms with van der Waals surface area (Å²) in [6, 6.07) is 6.82. The van der Waals surface area contributed by atoms with Crippen LogP contribution in [0.2, 0.25) is 0 Å². The van der Waals surface area contributed by atoms with E-state index < -0.39 is 34.5 Å². The first kappa shape index (κ1) is 28.1. The van der Waals surface area contributed by atoms with E-state index in [0.717, 1.165) is 0 Å². The van der Waals surface area contributed by atoms with Crippen molar-refractivity contribution in [3.63, 3.8) is 0 Å². The highest BCUT2D eigenvalue weighted by molar-refractivity contribution is 7.92. The number of anilines is 3. The number of nitrogens with one attached hydrogen (secondary N) is 1. The van der Waals surface area contributed by atoms with Crippen molar-refractivity contribution >= 4 is 27.3 Å². The van der Waals surface area contributed by atoms with E-state index in [1.165, 1.54) is 0 Å². The molecule has 1 aromatic carbocycles. The molecule has 0 unspecified atom stereocenters. The third-order valence-corrected chi connectivity index (χ3v) is 8.39. The van der Waals surface area contributed by atoms with Gasteiger partial charge in [0, 0.05) is 56.5 Å². The van der Waals surface area contributed by atoms with Crippen LogP contribution in [0.25, 0.3) is 16.9 Å². The van der Waals surface area contributed by atoms with Gasteiger partial charge >= 0.3 is 0 Å². The molecule has 0 radical (unpaired) electrons. The van der Waals surface area contributed by atoms with Gasteiger partial charge in [-0.3, -0.25) is 4.72 Å². The molecule has 2 saturated heterocycles. The van der Waals surface area contributed by atoms with Crippen LogP contribution >= 0.6 is 0 Å². The summed E-state index contributed by atoms with van der Waals surface area (Å²) in [6.07, 6.45) is 2.77. The highest BCUT2D eigenvalue weighted by Crippen LogP contribution is 2.33. The highest BCUT2D eigenvalue weighted by Gasteiger charge is 2.35. The van der Waals surface area contributed by atoms with Gasteiger partial charge in [-0.15, -0.1) is 0 Å². The molecule has 216 valence electrons. The Balaban J connectivity index is 1.46. The van der Waals surface area contributed by atoms with Crippen molar-refractivity contribution in [2.24, 2.45) is 0 Å². The fourth-order valence-electron chi connectivity index (χ4n) is 4.94. The summed E-state index contributed by atoms with van der Waals surface area (Å²) >= 11 is 0. The SMILES string of the molecule is Cc1cc(-c2cnn(-c3ccc(NS(=O)(=O)CCO)cc3N3CCC(F)CC3)c2)nc(N2CCC(F)(F)CC2)n1. The molecule has 2 aromatic heterocycles. The first-order valence-corrected chi connectivity index (χ1v) is 14.9. The van der Waals surface area contributed by atoms with E-state index in [4.69, 9.17) is 5.11 Å². The molecule has 10 nitrogen and oxygen atoms in total. The second-order valence-electron chi connectivity index (χ2n) is 10.2. The van der Waals surface area contributed by atoms with Crippen LogP contribution in [0.3, 0.4) is 0 Å². The zero-order valence-electron chi connectivity index (χ0n) is 22.1. The molecule has 40 heavy (non-hydrogen) atoms. The molecule has 14 heteroatoms. The normalized spacial score (nSPS) is 18.2. The van der Waals surface area contributed by atoms with Crippen molar-refractivity contribution in [1.29, 1.82) is 0 Å². The van der Waals surface area contributed by atoms with E-state index in [9.17, 15) is 21.6 Å². The monoisotopic (exact) mass is 579 g/mol. The molecule has 2 aliphatic heterocycles. The maximum Gasteiger partial charge on any atom is 0.251 e. The van der Waals surface area contributed by atoms with Crippen LogP contribution < -0.4 is 14.5 Å². The molecule has 4 heterocycles. The molecule has 3 aromatic rings. The third kappa shape index (κ3) is 6.49. The maximum atomic E-state index is 13.9. The smallest absolute Gasteiger partial charge is 0.251 e. The molecule has 2 aliphatic rings. The van der Waals surface area contributed by atoms with Gasteiger partial charge in [0.1, 0.15) is 6.17 Å². The number of alkyl halides is 3. The van der Waals surface area contributed by atoms with E-state index in [1.54, 1.807) is 46.2 Å². The van der Waals surface area contributed by atoms with Crippen molar-refractivity contribution in [3.8, 4) is 16.9 Å². The van der Waals surface area contributed by atoms with Gasteiger partial charge in [0.15, 0.2) is 0 Å². The predicted molar refractivity (Wildman–Crippen MR) is 147 cm³/mol. The number of benzene rings is 1. The average Bonchev–Trinajstić information content (AvgIpc) is 3.39. The fraction of sp³-hybridized carbons (Fsp3) is 0.500. The zero-order valence-corrected chi connectivity index (χ0v) is 22.9. The number of nitrogens with zero attached hydrogens (tertiary/aromatic N) is 6. The van der Waals surface area contributed by atoms with Crippen LogP contribution in [0.1, 0.15) is 31.4 Å². The van der Waals surface area contributed by atoms with Gasteiger partial charge in [0.05, 0.1) is 41.3 Å². The quantitative estimate of drug-likeness (QED) is 0.416. The second kappa shape index (κ2) is 11.2. The van der Waals surface area contributed by atoms with Gasteiger partial charge in [0.2, 0.25) is 16.0 Å². The Bertz CT molecular complexity index is 1450. The number of hydrogen-bond donors (Lipinski definition) is 2. The summed E-state index contributed by atoms with van der Waals surface area (Å²) in [4.78, 5) is 12.9. The minimum absolute atomic E-state index is 0.169. The van der Waals surface area contributed by atoms with Crippen molar-refractivity contribution in [1.82, 2.24) is 19.7 Å². The Morgan fingerprint density at radius 2 is 1.77 bits per heavy atom. The number of hydrogen-bond acceptors (Lipinski definition) is 8. The summed E-state index contributed by atoms with van der Waals surface area (Å²) in [5.74, 6) is -2.71. The van der Waals surface area contributed by atoms with Gasteiger partial charge < -0.3 is 14.9 Å². The lowest BCUT2D eigenvalue weighted by atomic mass is 10.1. The van der Waals surface area contributed by atoms with E-state index in [2.05, 4.69) is 19.8 Å². The van der Waals surface area contributed by atoms with Crippen LogP contribution in [0.15, 0.2) is 36.7 Å². The lowest BCUT2D eigenvalue weighted by molar-refractivity contribution is -0.0222. The Kier molecular flexibility index (Phi) is 7.91. The van der Waals surface area contributed by atoms with Gasteiger partial charge in [0.25, 0.3) is 5.92 Å². The van der Waals surface area contributed by atoms with Crippen LogP contribution in [0.4, 0.5) is 30.5 Å². The number of aliphatic hydroxyl groups excluding tert-OH is 1. The molecule has 0 amide bonds. The Labute approximate surface area is 230 Å². The summed E-state index contributed by atoms with van der Waals surface area (Å²) < 4.78 is 69.8. The molecule has 0 bridgehead atoms. The number of halogens is 3. The van der Waals surface area contributed by atoms with Crippen LogP contribution in [0.5, 0.6) is 0 Å².